The Labute approximate surface area is 105 Å². The van der Waals surface area contributed by atoms with Crippen molar-refractivity contribution in [2.24, 2.45) is 0 Å². The van der Waals surface area contributed by atoms with Crippen LogP contribution in [0.5, 0.6) is 5.75 Å². The number of furan rings is 1. The summed E-state index contributed by atoms with van der Waals surface area (Å²) in [5.74, 6) is 3.09. The summed E-state index contributed by atoms with van der Waals surface area (Å²) < 4.78 is 5.64. The van der Waals surface area contributed by atoms with Crippen LogP contribution in [0.15, 0.2) is 40.8 Å². The highest BCUT2D eigenvalue weighted by atomic mass is 32.2. The van der Waals surface area contributed by atoms with Crippen LogP contribution in [0.1, 0.15) is 11.5 Å². The van der Waals surface area contributed by atoms with Crippen LogP contribution in [0.25, 0.3) is 0 Å². The summed E-state index contributed by atoms with van der Waals surface area (Å²) in [6, 6.07) is 11.0. The summed E-state index contributed by atoms with van der Waals surface area (Å²) in [4.78, 5) is 0. The summed E-state index contributed by atoms with van der Waals surface area (Å²) in [7, 11) is 0. The Kier molecular flexibility index (Phi) is 3.98. The van der Waals surface area contributed by atoms with Crippen molar-refractivity contribution in [1.82, 2.24) is 0 Å². The van der Waals surface area contributed by atoms with E-state index < -0.39 is 0 Å². The number of hydrogen-bond donors (Lipinski definition) is 2. The number of thioether (sulfide) groups is 1. The molecule has 0 bridgehead atoms. The van der Waals surface area contributed by atoms with Crippen LogP contribution in [0.2, 0.25) is 0 Å². The summed E-state index contributed by atoms with van der Waals surface area (Å²) in [6.07, 6.45) is 2.05. The minimum Gasteiger partial charge on any atom is -0.508 e. The second-order valence-corrected chi connectivity index (χ2v) is 4.57. The zero-order chi connectivity index (χ0) is 12.1. The van der Waals surface area contributed by atoms with Gasteiger partial charge in [-0.3, -0.25) is 0 Å². The molecule has 0 fully saturated rings. The number of hydrogen-bond acceptors (Lipinski definition) is 4. The molecule has 0 aliphatic carbocycles. The highest BCUT2D eigenvalue weighted by Crippen LogP contribution is 2.17. The highest BCUT2D eigenvalue weighted by molar-refractivity contribution is 7.97. The number of nitrogens with one attached hydrogen (secondary N) is 1. The predicted molar refractivity (Wildman–Crippen MR) is 71.4 cm³/mol. The van der Waals surface area contributed by atoms with Crippen molar-refractivity contribution in [1.29, 1.82) is 0 Å². The molecule has 1 aromatic carbocycles. The molecule has 1 aromatic heterocycles. The van der Waals surface area contributed by atoms with Gasteiger partial charge in [-0.2, -0.15) is 11.8 Å². The third kappa shape index (κ3) is 3.46. The molecule has 17 heavy (non-hydrogen) atoms. The van der Waals surface area contributed by atoms with Crippen molar-refractivity contribution in [2.45, 2.75) is 12.3 Å². The van der Waals surface area contributed by atoms with Gasteiger partial charge in [-0.05, 0) is 42.7 Å². The van der Waals surface area contributed by atoms with Crippen LogP contribution in [-0.4, -0.2) is 11.4 Å². The van der Waals surface area contributed by atoms with Gasteiger partial charge in [0.05, 0.1) is 12.3 Å². The fourth-order valence-corrected chi connectivity index (χ4v) is 1.95. The normalized spacial score (nSPS) is 10.4. The Balaban J connectivity index is 1.90. The van der Waals surface area contributed by atoms with Gasteiger partial charge in [0.15, 0.2) is 0 Å². The molecule has 0 aliphatic rings. The average molecular weight is 249 g/mol. The molecule has 0 unspecified atom stereocenters. The summed E-state index contributed by atoms with van der Waals surface area (Å²) in [5.41, 5.74) is 0.964. The first-order chi connectivity index (χ1) is 8.28. The number of phenols is 1. The van der Waals surface area contributed by atoms with E-state index in [1.54, 1.807) is 23.9 Å². The lowest BCUT2D eigenvalue weighted by molar-refractivity contribution is 0.475. The summed E-state index contributed by atoms with van der Waals surface area (Å²) in [6.45, 7) is 0.652. The van der Waals surface area contributed by atoms with Crippen LogP contribution >= 0.6 is 11.8 Å². The lowest BCUT2D eigenvalue weighted by Crippen LogP contribution is -1.97. The molecule has 0 amide bonds. The predicted octanol–water partition coefficient (Wildman–Crippen LogP) is 3.46. The van der Waals surface area contributed by atoms with Crippen LogP contribution in [0, 0.1) is 0 Å². The van der Waals surface area contributed by atoms with Gasteiger partial charge in [-0.15, -0.1) is 0 Å². The minimum atomic E-state index is 0.274. The minimum absolute atomic E-state index is 0.274. The molecule has 4 heteroatoms. The van der Waals surface area contributed by atoms with Gasteiger partial charge in [0.2, 0.25) is 0 Å². The van der Waals surface area contributed by atoms with E-state index in [9.17, 15) is 0 Å². The first-order valence-corrected chi connectivity index (χ1v) is 6.77. The molecule has 0 aliphatic heterocycles. The maximum absolute atomic E-state index is 9.16. The van der Waals surface area contributed by atoms with E-state index in [-0.39, 0.29) is 5.75 Å². The lowest BCUT2D eigenvalue weighted by atomic mass is 10.3. The maximum atomic E-state index is 9.16. The maximum Gasteiger partial charge on any atom is 0.123 e. The topological polar surface area (TPSA) is 45.4 Å². The van der Waals surface area contributed by atoms with Gasteiger partial charge in [-0.1, -0.05) is 0 Å². The molecule has 90 valence electrons. The first kappa shape index (κ1) is 11.9. The first-order valence-electron chi connectivity index (χ1n) is 5.37. The molecular formula is C13H15NO2S. The lowest BCUT2D eigenvalue weighted by Gasteiger charge is -2.04. The molecule has 2 aromatic rings. The third-order valence-corrected chi connectivity index (χ3v) is 2.91. The number of aromatic hydroxyl groups is 1. The van der Waals surface area contributed by atoms with E-state index in [1.807, 2.05) is 24.3 Å². The van der Waals surface area contributed by atoms with E-state index >= 15 is 0 Å². The molecule has 0 saturated carbocycles. The Morgan fingerprint density at radius 2 is 1.82 bits per heavy atom. The molecule has 0 saturated heterocycles. The summed E-state index contributed by atoms with van der Waals surface area (Å²) in [5, 5.41) is 12.4. The van der Waals surface area contributed by atoms with Crippen molar-refractivity contribution >= 4 is 17.4 Å². The number of anilines is 1. The Morgan fingerprint density at radius 3 is 2.53 bits per heavy atom. The van der Waals surface area contributed by atoms with Gasteiger partial charge in [-0.25, -0.2) is 0 Å². The highest BCUT2D eigenvalue weighted by Gasteiger charge is 2.01. The van der Waals surface area contributed by atoms with E-state index in [1.165, 1.54) is 0 Å². The molecule has 0 spiro atoms. The van der Waals surface area contributed by atoms with E-state index in [0.717, 1.165) is 23.0 Å². The van der Waals surface area contributed by atoms with Crippen molar-refractivity contribution in [2.75, 3.05) is 11.6 Å². The second-order valence-electron chi connectivity index (χ2n) is 3.70. The number of rotatable bonds is 5. The van der Waals surface area contributed by atoms with E-state index in [2.05, 4.69) is 11.6 Å². The molecule has 3 nitrogen and oxygen atoms in total. The standard InChI is InChI=1S/C13H15NO2S/c1-17-9-13-7-6-12(16-13)8-14-10-2-4-11(15)5-3-10/h2-7,14-15H,8-9H2,1H3. The van der Waals surface area contributed by atoms with Crippen LogP contribution in [0.3, 0.4) is 0 Å². The van der Waals surface area contributed by atoms with Crippen LogP contribution in [-0.2, 0) is 12.3 Å². The Hall–Kier alpha value is -1.55. The third-order valence-electron chi connectivity index (χ3n) is 2.34. The number of benzene rings is 1. The molecular weight excluding hydrogens is 234 g/mol. The molecule has 2 N–H and O–H groups in total. The Morgan fingerprint density at radius 1 is 1.12 bits per heavy atom. The van der Waals surface area contributed by atoms with Gasteiger partial charge >= 0.3 is 0 Å². The number of phenolic OH excluding ortho intramolecular Hbond substituents is 1. The SMILES string of the molecule is CSCc1ccc(CNc2ccc(O)cc2)o1. The smallest absolute Gasteiger partial charge is 0.123 e. The monoisotopic (exact) mass is 249 g/mol. The van der Waals surface area contributed by atoms with Crippen molar-refractivity contribution in [3.8, 4) is 5.75 Å². The van der Waals surface area contributed by atoms with Gasteiger partial charge < -0.3 is 14.8 Å². The Bertz CT molecular complexity index is 465. The van der Waals surface area contributed by atoms with Gasteiger partial charge in [0.1, 0.15) is 17.3 Å². The van der Waals surface area contributed by atoms with Crippen LogP contribution in [0.4, 0.5) is 5.69 Å². The van der Waals surface area contributed by atoms with E-state index in [0.29, 0.717) is 6.54 Å². The van der Waals surface area contributed by atoms with E-state index in [4.69, 9.17) is 9.52 Å². The zero-order valence-corrected chi connectivity index (χ0v) is 10.5. The summed E-state index contributed by atoms with van der Waals surface area (Å²) >= 11 is 1.74. The van der Waals surface area contributed by atoms with Crippen LogP contribution < -0.4 is 5.32 Å². The van der Waals surface area contributed by atoms with Crippen molar-refractivity contribution in [3.05, 3.63) is 47.9 Å². The largest absolute Gasteiger partial charge is 0.508 e. The molecule has 2 rings (SSSR count). The molecule has 0 atom stereocenters. The fraction of sp³-hybridized carbons (Fsp3) is 0.231. The van der Waals surface area contributed by atoms with Crippen molar-refractivity contribution < 1.29 is 9.52 Å². The zero-order valence-electron chi connectivity index (χ0n) is 9.64. The van der Waals surface area contributed by atoms with Gasteiger partial charge in [0, 0.05) is 5.69 Å². The second kappa shape index (κ2) is 5.68. The fourth-order valence-electron chi connectivity index (χ4n) is 1.51. The van der Waals surface area contributed by atoms with Crippen molar-refractivity contribution in [3.63, 3.8) is 0 Å². The average Bonchev–Trinajstić information content (AvgIpc) is 2.77. The van der Waals surface area contributed by atoms with Gasteiger partial charge in [0.25, 0.3) is 0 Å². The quantitative estimate of drug-likeness (QED) is 0.797. The molecule has 1 heterocycles. The molecule has 0 radical (unpaired) electrons.